The van der Waals surface area contributed by atoms with E-state index in [0.29, 0.717) is 17.0 Å². The molecule has 1 rings (SSSR count). The van der Waals surface area contributed by atoms with Crippen LogP contribution in [0.3, 0.4) is 0 Å². The van der Waals surface area contributed by atoms with Crippen molar-refractivity contribution in [3.8, 4) is 11.8 Å². The standard InChI is InChI=1S/C16H22N2O2/c1-12(2)8-13(3)18(4)16(20)15-9-14(6-5-7-19)10-17-11-15/h9-13,19H,7-8H2,1-4H3. The largest absolute Gasteiger partial charge is 0.384 e. The van der Waals surface area contributed by atoms with Gasteiger partial charge in [0.2, 0.25) is 0 Å². The van der Waals surface area contributed by atoms with Crippen molar-refractivity contribution >= 4 is 5.91 Å². The molecular weight excluding hydrogens is 252 g/mol. The Morgan fingerprint density at radius 3 is 2.70 bits per heavy atom. The Labute approximate surface area is 120 Å². The van der Waals surface area contributed by atoms with Crippen LogP contribution in [0.2, 0.25) is 0 Å². The van der Waals surface area contributed by atoms with Crippen LogP contribution in [0.1, 0.15) is 43.1 Å². The van der Waals surface area contributed by atoms with E-state index in [1.807, 2.05) is 6.92 Å². The van der Waals surface area contributed by atoms with E-state index in [2.05, 4.69) is 30.7 Å². The first-order chi connectivity index (χ1) is 9.45. The van der Waals surface area contributed by atoms with Gasteiger partial charge in [0.15, 0.2) is 0 Å². The topological polar surface area (TPSA) is 53.4 Å². The van der Waals surface area contributed by atoms with Crippen LogP contribution in [0.4, 0.5) is 0 Å². The van der Waals surface area contributed by atoms with E-state index < -0.39 is 0 Å². The number of nitrogens with zero attached hydrogens (tertiary/aromatic N) is 2. The molecule has 1 amide bonds. The lowest BCUT2D eigenvalue weighted by atomic mass is 10.0. The first-order valence-electron chi connectivity index (χ1n) is 6.77. The number of amides is 1. The highest BCUT2D eigenvalue weighted by atomic mass is 16.2. The summed E-state index contributed by atoms with van der Waals surface area (Å²) in [5.74, 6) is 5.79. The van der Waals surface area contributed by atoms with Gasteiger partial charge in [-0.25, -0.2) is 0 Å². The molecule has 108 valence electrons. The quantitative estimate of drug-likeness (QED) is 0.854. The van der Waals surface area contributed by atoms with Crippen LogP contribution in [-0.2, 0) is 0 Å². The third-order valence-electron chi connectivity index (χ3n) is 3.09. The van der Waals surface area contributed by atoms with E-state index in [0.717, 1.165) is 6.42 Å². The summed E-state index contributed by atoms with van der Waals surface area (Å²) in [5.41, 5.74) is 1.16. The number of carbonyl (C=O) groups excluding carboxylic acids is 1. The highest BCUT2D eigenvalue weighted by Gasteiger charge is 2.18. The van der Waals surface area contributed by atoms with Gasteiger partial charge in [0.25, 0.3) is 5.91 Å². The average molecular weight is 274 g/mol. The van der Waals surface area contributed by atoms with Gasteiger partial charge in [-0.3, -0.25) is 9.78 Å². The second-order valence-corrected chi connectivity index (χ2v) is 5.32. The number of aliphatic hydroxyl groups is 1. The minimum atomic E-state index is -0.205. The zero-order valence-corrected chi connectivity index (χ0v) is 12.6. The summed E-state index contributed by atoms with van der Waals surface area (Å²) < 4.78 is 0. The smallest absolute Gasteiger partial charge is 0.255 e. The molecule has 4 nitrogen and oxygen atoms in total. The lowest BCUT2D eigenvalue weighted by molar-refractivity contribution is 0.0727. The minimum absolute atomic E-state index is 0.0571. The van der Waals surface area contributed by atoms with Crippen molar-refractivity contribution in [2.45, 2.75) is 33.2 Å². The summed E-state index contributed by atoms with van der Waals surface area (Å²) in [5, 5.41) is 8.68. The fourth-order valence-electron chi connectivity index (χ4n) is 2.01. The van der Waals surface area contributed by atoms with Gasteiger partial charge in [0, 0.05) is 31.0 Å². The van der Waals surface area contributed by atoms with Crippen molar-refractivity contribution in [1.29, 1.82) is 0 Å². The molecule has 0 fully saturated rings. The molecule has 1 N–H and O–H groups in total. The van der Waals surface area contributed by atoms with Crippen molar-refractivity contribution < 1.29 is 9.90 Å². The van der Waals surface area contributed by atoms with Crippen molar-refractivity contribution in [2.24, 2.45) is 5.92 Å². The predicted molar refractivity (Wildman–Crippen MR) is 79.2 cm³/mol. The molecule has 0 aliphatic heterocycles. The van der Waals surface area contributed by atoms with Gasteiger partial charge in [-0.15, -0.1) is 0 Å². The first-order valence-corrected chi connectivity index (χ1v) is 6.77. The van der Waals surface area contributed by atoms with Crippen LogP contribution < -0.4 is 0 Å². The Hall–Kier alpha value is -1.86. The van der Waals surface area contributed by atoms with Crippen LogP contribution >= 0.6 is 0 Å². The van der Waals surface area contributed by atoms with E-state index >= 15 is 0 Å². The first kappa shape index (κ1) is 16.2. The predicted octanol–water partition coefficient (Wildman–Crippen LogP) is 1.93. The number of aliphatic hydroxyl groups excluding tert-OH is 1. The molecule has 0 bridgehead atoms. The highest BCUT2D eigenvalue weighted by molar-refractivity contribution is 5.94. The molecule has 0 aromatic carbocycles. The molecule has 0 saturated heterocycles. The molecular formula is C16H22N2O2. The number of aromatic nitrogens is 1. The Balaban J connectivity index is 2.86. The monoisotopic (exact) mass is 274 g/mol. The molecule has 4 heteroatoms. The van der Waals surface area contributed by atoms with Crippen LogP contribution in [0.25, 0.3) is 0 Å². The third kappa shape index (κ3) is 4.67. The normalized spacial score (nSPS) is 11.7. The zero-order chi connectivity index (χ0) is 15.1. The highest BCUT2D eigenvalue weighted by Crippen LogP contribution is 2.13. The summed E-state index contributed by atoms with van der Waals surface area (Å²) >= 11 is 0. The minimum Gasteiger partial charge on any atom is -0.384 e. The molecule has 1 aromatic heterocycles. The van der Waals surface area contributed by atoms with Gasteiger partial charge < -0.3 is 10.0 Å². The van der Waals surface area contributed by atoms with Crippen molar-refractivity contribution in [1.82, 2.24) is 9.88 Å². The molecule has 0 saturated carbocycles. The molecule has 0 aliphatic carbocycles. The van der Waals surface area contributed by atoms with Gasteiger partial charge in [-0.1, -0.05) is 25.7 Å². The number of rotatable bonds is 4. The Morgan fingerprint density at radius 2 is 2.10 bits per heavy atom. The zero-order valence-electron chi connectivity index (χ0n) is 12.6. The fourth-order valence-corrected chi connectivity index (χ4v) is 2.01. The number of carbonyl (C=O) groups is 1. The molecule has 1 unspecified atom stereocenters. The summed E-state index contributed by atoms with van der Waals surface area (Å²) in [6, 6.07) is 1.88. The number of hydrogen-bond donors (Lipinski definition) is 1. The van der Waals surface area contributed by atoms with Crippen LogP contribution in [0.15, 0.2) is 18.5 Å². The van der Waals surface area contributed by atoms with Gasteiger partial charge >= 0.3 is 0 Å². The number of hydrogen-bond acceptors (Lipinski definition) is 3. The van der Waals surface area contributed by atoms with E-state index in [9.17, 15) is 4.79 Å². The van der Waals surface area contributed by atoms with E-state index in [1.165, 1.54) is 0 Å². The molecule has 0 aliphatic rings. The van der Waals surface area contributed by atoms with Crippen molar-refractivity contribution in [2.75, 3.05) is 13.7 Å². The Morgan fingerprint density at radius 1 is 1.40 bits per heavy atom. The molecule has 1 atom stereocenters. The SMILES string of the molecule is CC(C)CC(C)N(C)C(=O)c1cncc(C#CCO)c1. The molecule has 1 heterocycles. The van der Waals surface area contributed by atoms with Gasteiger partial charge in [0.1, 0.15) is 6.61 Å². The lowest BCUT2D eigenvalue weighted by Gasteiger charge is -2.26. The van der Waals surface area contributed by atoms with Gasteiger partial charge in [-0.05, 0) is 25.3 Å². The van der Waals surface area contributed by atoms with Crippen LogP contribution in [-0.4, -0.2) is 40.6 Å². The molecule has 0 spiro atoms. The maximum atomic E-state index is 12.4. The Bertz CT molecular complexity index is 515. The third-order valence-corrected chi connectivity index (χ3v) is 3.09. The van der Waals surface area contributed by atoms with Crippen molar-refractivity contribution in [3.05, 3.63) is 29.6 Å². The summed E-state index contributed by atoms with van der Waals surface area (Å²) in [6.07, 6.45) is 4.09. The van der Waals surface area contributed by atoms with Gasteiger partial charge in [0.05, 0.1) is 5.56 Å². The van der Waals surface area contributed by atoms with Crippen molar-refractivity contribution in [3.63, 3.8) is 0 Å². The maximum absolute atomic E-state index is 12.4. The summed E-state index contributed by atoms with van der Waals surface area (Å²) in [7, 11) is 1.81. The second kappa shape index (κ2) is 7.66. The number of pyridine rings is 1. The Kier molecular flexibility index (Phi) is 6.20. The molecule has 20 heavy (non-hydrogen) atoms. The molecule has 0 radical (unpaired) electrons. The maximum Gasteiger partial charge on any atom is 0.255 e. The molecule has 1 aromatic rings. The van der Waals surface area contributed by atoms with Crippen LogP contribution in [0.5, 0.6) is 0 Å². The summed E-state index contributed by atoms with van der Waals surface area (Å²) in [6.45, 7) is 6.12. The van der Waals surface area contributed by atoms with E-state index in [-0.39, 0.29) is 18.6 Å². The lowest BCUT2D eigenvalue weighted by Crippen LogP contribution is -2.36. The van der Waals surface area contributed by atoms with E-state index in [1.54, 1.807) is 30.4 Å². The van der Waals surface area contributed by atoms with E-state index in [4.69, 9.17) is 5.11 Å². The summed E-state index contributed by atoms with van der Waals surface area (Å²) in [4.78, 5) is 18.1. The van der Waals surface area contributed by atoms with Gasteiger partial charge in [-0.2, -0.15) is 0 Å². The van der Waals surface area contributed by atoms with Crippen LogP contribution in [0, 0.1) is 17.8 Å². The second-order valence-electron chi connectivity index (χ2n) is 5.32. The fraction of sp³-hybridized carbons (Fsp3) is 0.500. The average Bonchev–Trinajstić information content (AvgIpc) is 2.43.